The van der Waals surface area contributed by atoms with Gasteiger partial charge in [0.15, 0.2) is 0 Å². The van der Waals surface area contributed by atoms with Gasteiger partial charge in [0.1, 0.15) is 6.61 Å². The van der Waals surface area contributed by atoms with E-state index < -0.39 is 14.9 Å². The molecule has 9 nitrogen and oxygen atoms in total. The van der Waals surface area contributed by atoms with Gasteiger partial charge in [-0.2, -0.15) is 0 Å². The number of methoxy groups -OCH3 is 1. The van der Waals surface area contributed by atoms with Gasteiger partial charge in [0.2, 0.25) is 15.9 Å². The van der Waals surface area contributed by atoms with Crippen LogP contribution in [0, 0.1) is 10.1 Å². The number of non-ortho nitro benzene ring substituents is 1. The molecule has 1 fully saturated rings. The first-order valence-electron chi connectivity index (χ1n) is 7.37. The summed E-state index contributed by atoms with van der Waals surface area (Å²) in [6.07, 6.45) is 1.00. The number of likely N-dealkylation sites (tertiary alicyclic amines) is 1. The maximum atomic E-state index is 12.3. The zero-order chi connectivity index (χ0) is 17.7. The summed E-state index contributed by atoms with van der Waals surface area (Å²) < 4.78 is 32.0. The van der Waals surface area contributed by atoms with Gasteiger partial charge in [-0.25, -0.2) is 13.1 Å². The number of sulfonamides is 1. The number of amides is 1. The summed E-state index contributed by atoms with van der Waals surface area (Å²) in [5.74, 6) is -0.117. The Hall–Kier alpha value is -2.04. The Kier molecular flexibility index (Phi) is 5.86. The highest BCUT2D eigenvalue weighted by Gasteiger charge is 2.26. The summed E-state index contributed by atoms with van der Waals surface area (Å²) in [5, 5.41) is 10.6. The molecule has 0 radical (unpaired) electrons. The predicted octanol–water partition coefficient (Wildman–Crippen LogP) is 0.511. The van der Waals surface area contributed by atoms with Crippen molar-refractivity contribution in [1.82, 2.24) is 9.62 Å². The Balaban J connectivity index is 1.95. The molecule has 1 aromatic rings. The Morgan fingerprint density at radius 2 is 1.92 bits per heavy atom. The molecule has 0 saturated carbocycles. The van der Waals surface area contributed by atoms with E-state index in [1.165, 1.54) is 19.2 Å². The highest BCUT2D eigenvalue weighted by molar-refractivity contribution is 7.89. The first-order valence-corrected chi connectivity index (χ1v) is 8.85. The summed E-state index contributed by atoms with van der Waals surface area (Å²) in [4.78, 5) is 23.3. The maximum Gasteiger partial charge on any atom is 0.269 e. The average molecular weight is 357 g/mol. The predicted molar refractivity (Wildman–Crippen MR) is 84.9 cm³/mol. The van der Waals surface area contributed by atoms with Crippen LogP contribution in [0.5, 0.6) is 0 Å². The van der Waals surface area contributed by atoms with Crippen LogP contribution in [-0.4, -0.2) is 57.0 Å². The molecule has 1 heterocycles. The van der Waals surface area contributed by atoms with Crippen molar-refractivity contribution in [1.29, 1.82) is 0 Å². The van der Waals surface area contributed by atoms with E-state index in [1.54, 1.807) is 4.90 Å². The zero-order valence-electron chi connectivity index (χ0n) is 13.2. The molecule has 1 aromatic carbocycles. The lowest BCUT2D eigenvalue weighted by molar-refractivity contribution is -0.384. The second-order valence-corrected chi connectivity index (χ2v) is 7.17. The van der Waals surface area contributed by atoms with Crippen LogP contribution in [0.2, 0.25) is 0 Å². The average Bonchev–Trinajstić information content (AvgIpc) is 2.55. The van der Waals surface area contributed by atoms with Crippen LogP contribution in [0.3, 0.4) is 0 Å². The Morgan fingerprint density at radius 1 is 1.33 bits per heavy atom. The van der Waals surface area contributed by atoms with E-state index in [9.17, 15) is 23.3 Å². The Morgan fingerprint density at radius 3 is 2.42 bits per heavy atom. The van der Waals surface area contributed by atoms with E-state index in [0.29, 0.717) is 25.9 Å². The SMILES string of the molecule is COCC(=O)N1CCC(NS(=O)(=O)c2ccc([N+](=O)[O-])cc2)CC1. The number of rotatable bonds is 6. The van der Waals surface area contributed by atoms with Crippen molar-refractivity contribution in [2.75, 3.05) is 26.8 Å². The summed E-state index contributed by atoms with van der Waals surface area (Å²) in [5.41, 5.74) is -0.168. The number of carbonyl (C=O) groups excluding carboxylic acids is 1. The third kappa shape index (κ3) is 4.49. The first-order chi connectivity index (χ1) is 11.3. The van der Waals surface area contributed by atoms with E-state index in [0.717, 1.165) is 12.1 Å². The summed E-state index contributed by atoms with van der Waals surface area (Å²) in [7, 11) is -2.30. The van der Waals surface area contributed by atoms with Crippen molar-refractivity contribution in [2.24, 2.45) is 0 Å². The van der Waals surface area contributed by atoms with Crippen molar-refractivity contribution in [2.45, 2.75) is 23.8 Å². The van der Waals surface area contributed by atoms with E-state index in [4.69, 9.17) is 4.74 Å². The van der Waals surface area contributed by atoms with E-state index >= 15 is 0 Å². The number of ether oxygens (including phenoxy) is 1. The molecule has 1 amide bonds. The van der Waals surface area contributed by atoms with Gasteiger partial charge in [-0.15, -0.1) is 0 Å². The van der Waals surface area contributed by atoms with Crippen LogP contribution in [-0.2, 0) is 19.6 Å². The number of carbonyl (C=O) groups is 1. The molecule has 132 valence electrons. The van der Waals surface area contributed by atoms with Crippen molar-refractivity contribution < 1.29 is 22.9 Å². The lowest BCUT2D eigenvalue weighted by Crippen LogP contribution is -2.47. The van der Waals surface area contributed by atoms with Gasteiger partial charge in [0.05, 0.1) is 9.82 Å². The molecule has 1 N–H and O–H groups in total. The number of nitro groups is 1. The quantitative estimate of drug-likeness (QED) is 0.585. The molecule has 0 aliphatic carbocycles. The van der Waals surface area contributed by atoms with Crippen LogP contribution in [0.15, 0.2) is 29.2 Å². The van der Waals surface area contributed by atoms with Crippen LogP contribution in [0.25, 0.3) is 0 Å². The molecule has 10 heteroatoms. The van der Waals surface area contributed by atoms with E-state index in [1.807, 2.05) is 0 Å². The van der Waals surface area contributed by atoms with E-state index in [2.05, 4.69) is 4.72 Å². The second kappa shape index (κ2) is 7.69. The van der Waals surface area contributed by atoms with E-state index in [-0.39, 0.29) is 29.1 Å². The molecule has 0 unspecified atom stereocenters. The Bertz CT molecular complexity index is 696. The van der Waals surface area contributed by atoms with Crippen LogP contribution in [0.4, 0.5) is 5.69 Å². The molecule has 24 heavy (non-hydrogen) atoms. The highest BCUT2D eigenvalue weighted by Crippen LogP contribution is 2.18. The largest absolute Gasteiger partial charge is 0.375 e. The summed E-state index contributed by atoms with van der Waals surface area (Å²) in [6.45, 7) is 0.921. The molecule has 0 spiro atoms. The molecular formula is C14H19N3O6S. The minimum Gasteiger partial charge on any atom is -0.375 e. The van der Waals surface area contributed by atoms with Gasteiger partial charge in [0, 0.05) is 38.4 Å². The normalized spacial score (nSPS) is 16.1. The number of piperidine rings is 1. The van der Waals surface area contributed by atoms with Gasteiger partial charge < -0.3 is 9.64 Å². The number of nitrogens with one attached hydrogen (secondary N) is 1. The smallest absolute Gasteiger partial charge is 0.269 e. The van der Waals surface area contributed by atoms with Gasteiger partial charge >= 0.3 is 0 Å². The third-order valence-corrected chi connectivity index (χ3v) is 5.33. The monoisotopic (exact) mass is 357 g/mol. The van der Waals surface area contributed by atoms with Gasteiger partial charge in [-0.3, -0.25) is 14.9 Å². The molecule has 2 rings (SSSR count). The summed E-state index contributed by atoms with van der Waals surface area (Å²) >= 11 is 0. The molecule has 0 bridgehead atoms. The molecule has 1 saturated heterocycles. The fourth-order valence-electron chi connectivity index (χ4n) is 2.50. The first kappa shape index (κ1) is 18.3. The lowest BCUT2D eigenvalue weighted by Gasteiger charge is -2.32. The number of hydrogen-bond donors (Lipinski definition) is 1. The minimum atomic E-state index is -3.75. The summed E-state index contributed by atoms with van der Waals surface area (Å²) in [6, 6.07) is 4.44. The lowest BCUT2D eigenvalue weighted by atomic mass is 10.1. The zero-order valence-corrected chi connectivity index (χ0v) is 14.0. The van der Waals surface area contributed by atoms with Crippen molar-refractivity contribution in [3.05, 3.63) is 34.4 Å². The number of benzene rings is 1. The third-order valence-electron chi connectivity index (χ3n) is 3.80. The van der Waals surface area contributed by atoms with Gasteiger partial charge in [0.25, 0.3) is 5.69 Å². The molecule has 0 atom stereocenters. The van der Waals surface area contributed by atoms with Crippen LogP contribution >= 0.6 is 0 Å². The fraction of sp³-hybridized carbons (Fsp3) is 0.500. The van der Waals surface area contributed by atoms with Crippen molar-refractivity contribution in [3.8, 4) is 0 Å². The fourth-order valence-corrected chi connectivity index (χ4v) is 3.80. The highest BCUT2D eigenvalue weighted by atomic mass is 32.2. The van der Waals surface area contributed by atoms with Crippen molar-refractivity contribution >= 4 is 21.6 Å². The Labute approximate surface area is 139 Å². The standard InChI is InChI=1S/C14H19N3O6S/c1-23-10-14(18)16-8-6-11(7-9-16)15-24(21,22)13-4-2-12(3-5-13)17(19)20/h2-5,11,15H,6-10H2,1H3. The number of nitrogens with zero attached hydrogens (tertiary/aromatic N) is 2. The van der Waals surface area contributed by atoms with Crippen LogP contribution < -0.4 is 4.72 Å². The van der Waals surface area contributed by atoms with Gasteiger partial charge in [-0.1, -0.05) is 0 Å². The molecular weight excluding hydrogens is 338 g/mol. The number of nitro benzene ring substituents is 1. The second-order valence-electron chi connectivity index (χ2n) is 5.46. The maximum absolute atomic E-state index is 12.3. The number of hydrogen-bond acceptors (Lipinski definition) is 6. The van der Waals surface area contributed by atoms with Gasteiger partial charge in [-0.05, 0) is 25.0 Å². The van der Waals surface area contributed by atoms with Crippen molar-refractivity contribution in [3.63, 3.8) is 0 Å². The molecule has 1 aliphatic rings. The molecule has 0 aromatic heterocycles. The molecule has 1 aliphatic heterocycles. The topological polar surface area (TPSA) is 119 Å². The van der Waals surface area contributed by atoms with Crippen LogP contribution in [0.1, 0.15) is 12.8 Å². The minimum absolute atomic E-state index is 0.0131.